The summed E-state index contributed by atoms with van der Waals surface area (Å²) in [5.41, 5.74) is 3.80. The van der Waals surface area contributed by atoms with Crippen molar-refractivity contribution < 1.29 is 4.74 Å². The summed E-state index contributed by atoms with van der Waals surface area (Å²) < 4.78 is 6.03. The van der Waals surface area contributed by atoms with Crippen molar-refractivity contribution in [1.82, 2.24) is 0 Å². The zero-order valence-corrected chi connectivity index (χ0v) is 15.8. The van der Waals surface area contributed by atoms with Gasteiger partial charge in [-0.3, -0.25) is 0 Å². The number of hydrogen-bond acceptors (Lipinski definition) is 1. The minimum Gasteiger partial charge on any atom is -0.457 e. The summed E-state index contributed by atoms with van der Waals surface area (Å²) in [4.78, 5) is 0. The lowest BCUT2D eigenvalue weighted by atomic mass is 10.1. The highest BCUT2D eigenvalue weighted by Crippen LogP contribution is 2.23. The quantitative estimate of drug-likeness (QED) is 0.377. The standard InChI is InChI=1S/C28H18O/c1-3-9-23(10-4-1)17-19-25-13-7-15-27(21-25)29-28-16-8-14-26(22-28)20-18-24-11-5-2-6-12-24/h1-16,21-22H. The van der Waals surface area contributed by atoms with E-state index >= 15 is 0 Å². The summed E-state index contributed by atoms with van der Waals surface area (Å²) in [6.07, 6.45) is 0. The van der Waals surface area contributed by atoms with Gasteiger partial charge in [0.15, 0.2) is 0 Å². The maximum Gasteiger partial charge on any atom is 0.128 e. The third-order valence-corrected chi connectivity index (χ3v) is 4.15. The highest BCUT2D eigenvalue weighted by Gasteiger charge is 1.99. The van der Waals surface area contributed by atoms with Gasteiger partial charge in [0.25, 0.3) is 0 Å². The van der Waals surface area contributed by atoms with Gasteiger partial charge in [-0.05, 0) is 60.7 Å². The third-order valence-electron chi connectivity index (χ3n) is 4.15. The molecule has 0 aliphatic rings. The Morgan fingerprint density at radius 3 is 1.21 bits per heavy atom. The monoisotopic (exact) mass is 370 g/mol. The Morgan fingerprint density at radius 2 is 0.759 bits per heavy atom. The van der Waals surface area contributed by atoms with Crippen molar-refractivity contribution in [3.63, 3.8) is 0 Å². The minimum atomic E-state index is 0.748. The molecule has 0 unspecified atom stereocenters. The fourth-order valence-corrected chi connectivity index (χ4v) is 2.74. The maximum absolute atomic E-state index is 6.03. The second-order valence-corrected chi connectivity index (χ2v) is 6.39. The number of hydrogen-bond donors (Lipinski definition) is 0. The van der Waals surface area contributed by atoms with Crippen molar-refractivity contribution in [1.29, 1.82) is 0 Å². The molecule has 0 spiro atoms. The fourth-order valence-electron chi connectivity index (χ4n) is 2.74. The van der Waals surface area contributed by atoms with Crippen molar-refractivity contribution in [3.05, 3.63) is 131 Å². The average molecular weight is 370 g/mol. The lowest BCUT2D eigenvalue weighted by Crippen LogP contribution is -1.86. The van der Waals surface area contributed by atoms with Gasteiger partial charge in [0.05, 0.1) is 0 Å². The van der Waals surface area contributed by atoms with Gasteiger partial charge in [-0.2, -0.15) is 0 Å². The lowest BCUT2D eigenvalue weighted by molar-refractivity contribution is 0.482. The molecule has 0 bridgehead atoms. The van der Waals surface area contributed by atoms with Crippen molar-refractivity contribution in [3.8, 4) is 35.2 Å². The van der Waals surface area contributed by atoms with E-state index in [2.05, 4.69) is 23.7 Å². The molecule has 4 rings (SSSR count). The molecule has 4 aromatic rings. The van der Waals surface area contributed by atoms with E-state index in [9.17, 15) is 0 Å². The molecule has 0 fully saturated rings. The first-order valence-electron chi connectivity index (χ1n) is 9.37. The molecule has 1 heteroatoms. The van der Waals surface area contributed by atoms with Gasteiger partial charge in [0, 0.05) is 22.3 Å². The topological polar surface area (TPSA) is 9.23 Å². The van der Waals surface area contributed by atoms with Crippen molar-refractivity contribution in [2.24, 2.45) is 0 Å². The Kier molecular flexibility index (Phi) is 5.73. The Bertz CT molecular complexity index is 1120. The van der Waals surface area contributed by atoms with Gasteiger partial charge >= 0.3 is 0 Å². The first-order chi connectivity index (χ1) is 14.3. The first-order valence-corrected chi connectivity index (χ1v) is 9.37. The van der Waals surface area contributed by atoms with Crippen molar-refractivity contribution in [2.75, 3.05) is 0 Å². The summed E-state index contributed by atoms with van der Waals surface area (Å²) in [6.45, 7) is 0. The van der Waals surface area contributed by atoms with E-state index in [0.29, 0.717) is 0 Å². The van der Waals surface area contributed by atoms with Crippen LogP contribution in [0.4, 0.5) is 0 Å². The Balaban J connectivity index is 1.50. The number of ether oxygens (including phenoxy) is 1. The van der Waals surface area contributed by atoms with E-state index in [1.165, 1.54) is 0 Å². The smallest absolute Gasteiger partial charge is 0.128 e. The molecule has 0 amide bonds. The largest absolute Gasteiger partial charge is 0.457 e. The van der Waals surface area contributed by atoms with E-state index in [0.717, 1.165) is 33.8 Å². The van der Waals surface area contributed by atoms with Gasteiger partial charge in [-0.25, -0.2) is 0 Å². The van der Waals surface area contributed by atoms with Crippen LogP contribution in [0.3, 0.4) is 0 Å². The van der Waals surface area contributed by atoms with E-state index < -0.39 is 0 Å². The predicted molar refractivity (Wildman–Crippen MR) is 118 cm³/mol. The van der Waals surface area contributed by atoms with E-state index in [4.69, 9.17) is 4.74 Å². The second kappa shape index (κ2) is 9.14. The van der Waals surface area contributed by atoms with Crippen molar-refractivity contribution in [2.45, 2.75) is 0 Å². The summed E-state index contributed by atoms with van der Waals surface area (Å²) in [5.74, 6) is 14.2. The average Bonchev–Trinajstić information content (AvgIpc) is 2.78. The zero-order valence-electron chi connectivity index (χ0n) is 15.8. The molecule has 0 aliphatic carbocycles. The first kappa shape index (κ1) is 18.2. The van der Waals surface area contributed by atoms with E-state index in [1.807, 2.05) is 109 Å². The molecule has 136 valence electrons. The second-order valence-electron chi connectivity index (χ2n) is 6.39. The number of rotatable bonds is 2. The minimum absolute atomic E-state index is 0.748. The lowest BCUT2D eigenvalue weighted by Gasteiger charge is -2.06. The summed E-state index contributed by atoms with van der Waals surface area (Å²) in [6, 6.07) is 35.5. The van der Waals surface area contributed by atoms with Crippen LogP contribution in [0.1, 0.15) is 22.3 Å². The van der Waals surface area contributed by atoms with Crippen LogP contribution in [0.5, 0.6) is 11.5 Å². The molecule has 0 atom stereocenters. The van der Waals surface area contributed by atoms with Crippen LogP contribution >= 0.6 is 0 Å². The Labute approximate surface area is 171 Å². The molecular weight excluding hydrogens is 352 g/mol. The SMILES string of the molecule is C(#Cc1cccc(Oc2cccc(C#Cc3ccccc3)c2)c1)c1ccccc1. The van der Waals surface area contributed by atoms with Crippen LogP contribution in [0.2, 0.25) is 0 Å². The summed E-state index contributed by atoms with van der Waals surface area (Å²) in [7, 11) is 0. The molecular formula is C28H18O. The molecule has 0 aromatic heterocycles. The highest BCUT2D eigenvalue weighted by atomic mass is 16.5. The van der Waals surface area contributed by atoms with Crippen LogP contribution in [0.15, 0.2) is 109 Å². The van der Waals surface area contributed by atoms with Gasteiger partial charge < -0.3 is 4.74 Å². The molecule has 0 heterocycles. The third kappa shape index (κ3) is 5.39. The van der Waals surface area contributed by atoms with E-state index in [-0.39, 0.29) is 0 Å². The molecule has 4 aromatic carbocycles. The molecule has 0 saturated heterocycles. The van der Waals surface area contributed by atoms with Gasteiger partial charge in [0.1, 0.15) is 11.5 Å². The van der Waals surface area contributed by atoms with Gasteiger partial charge in [-0.1, -0.05) is 72.2 Å². The zero-order chi connectivity index (χ0) is 19.7. The maximum atomic E-state index is 6.03. The highest BCUT2D eigenvalue weighted by molar-refractivity contribution is 5.48. The number of benzene rings is 4. The molecule has 0 saturated carbocycles. The predicted octanol–water partition coefficient (Wildman–Crippen LogP) is 6.28. The molecule has 1 nitrogen and oxygen atoms in total. The van der Waals surface area contributed by atoms with Crippen molar-refractivity contribution >= 4 is 0 Å². The van der Waals surface area contributed by atoms with Crippen LogP contribution in [-0.4, -0.2) is 0 Å². The van der Waals surface area contributed by atoms with Crippen LogP contribution in [0, 0.1) is 23.7 Å². The Hall–Kier alpha value is -4.20. The van der Waals surface area contributed by atoms with Crippen LogP contribution in [-0.2, 0) is 0 Å². The summed E-state index contributed by atoms with van der Waals surface area (Å²) in [5, 5.41) is 0. The molecule has 0 N–H and O–H groups in total. The van der Waals surface area contributed by atoms with Crippen LogP contribution < -0.4 is 4.74 Å². The Morgan fingerprint density at radius 1 is 0.379 bits per heavy atom. The van der Waals surface area contributed by atoms with Gasteiger partial charge in [0.2, 0.25) is 0 Å². The summed E-state index contributed by atoms with van der Waals surface area (Å²) >= 11 is 0. The molecule has 29 heavy (non-hydrogen) atoms. The van der Waals surface area contributed by atoms with Crippen LogP contribution in [0.25, 0.3) is 0 Å². The fraction of sp³-hybridized carbons (Fsp3) is 0. The molecule has 0 radical (unpaired) electrons. The normalized spacial score (nSPS) is 9.52. The van der Waals surface area contributed by atoms with Gasteiger partial charge in [-0.15, -0.1) is 0 Å². The molecule has 0 aliphatic heterocycles. The van der Waals surface area contributed by atoms with E-state index in [1.54, 1.807) is 0 Å².